The normalized spacial score (nSPS) is 18.5. The third-order valence-electron chi connectivity index (χ3n) is 1.12. The molecule has 0 aromatic carbocycles. The molecule has 0 saturated heterocycles. The minimum Gasteiger partial charge on any atom is -0.293 e. The molecule has 64 valence electrons. The van der Waals surface area contributed by atoms with Crippen LogP contribution in [0.1, 0.15) is 27.7 Å². The summed E-state index contributed by atoms with van der Waals surface area (Å²) in [6, 6.07) is 0. The highest BCUT2D eigenvalue weighted by atomic mass is 15.5. The number of nitrogens with zero attached hydrogens (tertiary/aromatic N) is 1. The van der Waals surface area contributed by atoms with Crippen molar-refractivity contribution >= 4 is 6.21 Å². The fourth-order valence-corrected chi connectivity index (χ4v) is 0.573. The minimum absolute atomic E-state index is 0.0660. The molecule has 0 amide bonds. The summed E-state index contributed by atoms with van der Waals surface area (Å²) in [6.07, 6.45) is 5.73. The second-order valence-corrected chi connectivity index (χ2v) is 2.67. The molecule has 0 radical (unpaired) electrons. The highest BCUT2D eigenvalue weighted by Crippen LogP contribution is 2.12. The summed E-state index contributed by atoms with van der Waals surface area (Å²) in [4.78, 5) is 0. The lowest BCUT2D eigenvalue weighted by atomic mass is 9.96. The van der Waals surface area contributed by atoms with Gasteiger partial charge in [0.1, 0.15) is 0 Å². The second-order valence-electron chi connectivity index (χ2n) is 2.67. The Kier molecular flexibility index (Phi) is 4.34. The maximum Gasteiger partial charge on any atom is 0.0357 e. The van der Waals surface area contributed by atoms with Crippen LogP contribution in [0.15, 0.2) is 17.4 Å². The minimum atomic E-state index is 0.0660. The monoisotopic (exact) mass is 155 g/mol. The third kappa shape index (κ3) is 4.42. The molecule has 0 saturated carbocycles. The molecule has 2 N–H and O–H groups in total. The molecule has 0 spiro atoms. The van der Waals surface area contributed by atoms with Gasteiger partial charge in [0.25, 0.3) is 0 Å². The third-order valence-corrected chi connectivity index (χ3v) is 1.12. The molecule has 0 unspecified atom stereocenters. The summed E-state index contributed by atoms with van der Waals surface area (Å²) in [5, 5.41) is 3.88. The molecule has 0 aromatic heterocycles. The number of rotatable bonds is 0. The zero-order chi connectivity index (χ0) is 8.74. The largest absolute Gasteiger partial charge is 0.293 e. The molecule has 1 heterocycles. The Morgan fingerprint density at radius 3 is 2.55 bits per heavy atom. The molecule has 11 heavy (non-hydrogen) atoms. The van der Waals surface area contributed by atoms with Crippen molar-refractivity contribution in [2.24, 2.45) is 10.5 Å². The van der Waals surface area contributed by atoms with E-state index < -0.39 is 0 Å². The zero-order valence-electron chi connectivity index (χ0n) is 7.68. The van der Waals surface area contributed by atoms with E-state index in [1.165, 1.54) is 0 Å². The molecule has 0 atom stereocenters. The molecule has 0 fully saturated rings. The average molecular weight is 155 g/mol. The van der Waals surface area contributed by atoms with E-state index in [4.69, 9.17) is 0 Å². The SMILES string of the molecule is CC.CC1(C)C=CNNN=C1. The van der Waals surface area contributed by atoms with Crippen LogP contribution < -0.4 is 11.0 Å². The summed E-state index contributed by atoms with van der Waals surface area (Å²) < 4.78 is 0. The molecule has 1 aliphatic rings. The van der Waals surface area contributed by atoms with E-state index in [1.54, 1.807) is 0 Å². The van der Waals surface area contributed by atoms with Crippen molar-refractivity contribution in [2.45, 2.75) is 27.7 Å². The van der Waals surface area contributed by atoms with Gasteiger partial charge in [0.2, 0.25) is 0 Å². The molecular formula is C8H17N3. The van der Waals surface area contributed by atoms with Gasteiger partial charge in [-0.3, -0.25) is 5.43 Å². The number of hydrazone groups is 1. The Balaban J connectivity index is 0.000000461. The Morgan fingerprint density at radius 2 is 1.91 bits per heavy atom. The van der Waals surface area contributed by atoms with Gasteiger partial charge in [-0.2, -0.15) is 5.10 Å². The standard InChI is InChI=1S/C6H11N3.C2H6/c1-6(2)3-4-7-9-8-5-6;1-2/h3-5,7,9H,1-2H3;1-2H3. The number of nitrogens with one attached hydrogen (secondary N) is 2. The van der Waals surface area contributed by atoms with Crippen molar-refractivity contribution in [3.05, 3.63) is 12.3 Å². The first-order valence-corrected chi connectivity index (χ1v) is 3.93. The maximum atomic E-state index is 3.88. The molecule has 0 bridgehead atoms. The van der Waals surface area contributed by atoms with Gasteiger partial charge in [0, 0.05) is 17.8 Å². The van der Waals surface area contributed by atoms with E-state index in [9.17, 15) is 0 Å². The topological polar surface area (TPSA) is 36.4 Å². The summed E-state index contributed by atoms with van der Waals surface area (Å²) in [6.45, 7) is 8.17. The van der Waals surface area contributed by atoms with Crippen molar-refractivity contribution in [3.8, 4) is 0 Å². The highest BCUT2D eigenvalue weighted by Gasteiger charge is 2.10. The highest BCUT2D eigenvalue weighted by molar-refractivity contribution is 5.67. The van der Waals surface area contributed by atoms with E-state index >= 15 is 0 Å². The quantitative estimate of drug-likeness (QED) is 0.558. The van der Waals surface area contributed by atoms with E-state index in [-0.39, 0.29) is 5.41 Å². The van der Waals surface area contributed by atoms with Crippen LogP contribution in [0.3, 0.4) is 0 Å². The first kappa shape index (κ1) is 10.0. The van der Waals surface area contributed by atoms with E-state index in [1.807, 2.05) is 32.3 Å². The first-order valence-electron chi connectivity index (χ1n) is 3.93. The summed E-state index contributed by atoms with van der Waals surface area (Å²) in [5.74, 6) is 0. The summed E-state index contributed by atoms with van der Waals surface area (Å²) in [7, 11) is 0. The van der Waals surface area contributed by atoms with Crippen LogP contribution in [0.2, 0.25) is 0 Å². The van der Waals surface area contributed by atoms with Crippen LogP contribution in [-0.2, 0) is 0 Å². The Bertz CT molecular complexity index is 131. The smallest absolute Gasteiger partial charge is 0.0357 e. The number of hydrogen-bond donors (Lipinski definition) is 2. The van der Waals surface area contributed by atoms with Crippen LogP contribution in [0.5, 0.6) is 0 Å². The van der Waals surface area contributed by atoms with E-state index in [0.29, 0.717) is 0 Å². The Labute approximate surface area is 68.5 Å². The molecule has 0 aromatic rings. The van der Waals surface area contributed by atoms with Gasteiger partial charge >= 0.3 is 0 Å². The number of hydrogen-bond acceptors (Lipinski definition) is 3. The maximum absolute atomic E-state index is 3.88. The lowest BCUT2D eigenvalue weighted by molar-refractivity contribution is 0.671. The second kappa shape index (κ2) is 4.77. The number of allylic oxidation sites excluding steroid dienone is 1. The van der Waals surface area contributed by atoms with Gasteiger partial charge in [0.15, 0.2) is 0 Å². The van der Waals surface area contributed by atoms with Gasteiger partial charge < -0.3 is 0 Å². The van der Waals surface area contributed by atoms with Gasteiger partial charge in [-0.15, -0.1) is 0 Å². The summed E-state index contributed by atoms with van der Waals surface area (Å²) in [5.41, 5.74) is 5.48. The lowest BCUT2D eigenvalue weighted by Gasteiger charge is -2.09. The van der Waals surface area contributed by atoms with Crippen molar-refractivity contribution in [2.75, 3.05) is 0 Å². The van der Waals surface area contributed by atoms with Crippen molar-refractivity contribution < 1.29 is 0 Å². The van der Waals surface area contributed by atoms with Gasteiger partial charge in [-0.1, -0.05) is 33.8 Å². The van der Waals surface area contributed by atoms with Crippen LogP contribution in [0.25, 0.3) is 0 Å². The van der Waals surface area contributed by atoms with Gasteiger partial charge in [-0.25, -0.2) is 5.53 Å². The van der Waals surface area contributed by atoms with Gasteiger partial charge in [-0.05, 0) is 0 Å². The van der Waals surface area contributed by atoms with Crippen molar-refractivity contribution in [1.82, 2.24) is 11.0 Å². The fraction of sp³-hybridized carbons (Fsp3) is 0.625. The van der Waals surface area contributed by atoms with Crippen LogP contribution in [-0.4, -0.2) is 6.21 Å². The van der Waals surface area contributed by atoms with Crippen LogP contribution in [0, 0.1) is 5.41 Å². The average Bonchev–Trinajstić information content (AvgIpc) is 2.17. The lowest BCUT2D eigenvalue weighted by Crippen LogP contribution is -2.18. The van der Waals surface area contributed by atoms with E-state index in [2.05, 4.69) is 29.9 Å². The molecular weight excluding hydrogens is 138 g/mol. The van der Waals surface area contributed by atoms with E-state index in [0.717, 1.165) is 0 Å². The zero-order valence-corrected chi connectivity index (χ0v) is 7.68. The van der Waals surface area contributed by atoms with Crippen molar-refractivity contribution in [1.29, 1.82) is 0 Å². The molecule has 0 aliphatic carbocycles. The molecule has 3 heteroatoms. The predicted octanol–water partition coefficient (Wildman–Crippen LogP) is 1.65. The predicted molar refractivity (Wildman–Crippen MR) is 49.0 cm³/mol. The summed E-state index contributed by atoms with van der Waals surface area (Å²) >= 11 is 0. The molecule has 1 aliphatic heterocycles. The molecule has 3 nitrogen and oxygen atoms in total. The fourth-order valence-electron chi connectivity index (χ4n) is 0.573. The Morgan fingerprint density at radius 1 is 1.27 bits per heavy atom. The molecule has 1 rings (SSSR count). The Hall–Kier alpha value is -0.990. The van der Waals surface area contributed by atoms with Crippen LogP contribution >= 0.6 is 0 Å². The number of hydrazine groups is 1. The van der Waals surface area contributed by atoms with Crippen LogP contribution in [0.4, 0.5) is 0 Å². The van der Waals surface area contributed by atoms with Gasteiger partial charge in [0.05, 0.1) is 0 Å². The van der Waals surface area contributed by atoms with Crippen molar-refractivity contribution in [3.63, 3.8) is 0 Å². The first-order chi connectivity index (χ1) is 5.21.